The van der Waals surface area contributed by atoms with Gasteiger partial charge < -0.3 is 4.74 Å². The lowest BCUT2D eigenvalue weighted by Gasteiger charge is -2.11. The smallest absolute Gasteiger partial charge is 0.165 e. The van der Waals surface area contributed by atoms with E-state index in [1.807, 2.05) is 61.5 Å². The Morgan fingerprint density at radius 1 is 1.09 bits per heavy atom. The molecule has 2 aromatic carbocycles. The van der Waals surface area contributed by atoms with Crippen LogP contribution in [0.2, 0.25) is 0 Å². The summed E-state index contributed by atoms with van der Waals surface area (Å²) >= 11 is 0. The Balaban J connectivity index is 1.98. The Kier molecular flexibility index (Phi) is 6.20. The normalized spacial score (nSPS) is 11.9. The van der Waals surface area contributed by atoms with E-state index in [0.717, 1.165) is 36.1 Å². The van der Waals surface area contributed by atoms with Crippen LogP contribution in [0.3, 0.4) is 0 Å². The fourth-order valence-corrected chi connectivity index (χ4v) is 2.41. The molecule has 2 nitrogen and oxygen atoms in total. The molecule has 0 aliphatic rings. The monoisotopic (exact) mass is 296 g/mol. The number of hydrogen-bond donors (Lipinski definition) is 0. The number of Topliss-reactive ketones (excluding diaryl/α,β-unsaturated/α-hetero) is 1. The molecular formula is C20H24O2. The maximum absolute atomic E-state index is 12.4. The van der Waals surface area contributed by atoms with Crippen LogP contribution in [-0.4, -0.2) is 5.78 Å². The molecule has 0 N–H and O–H groups in total. The Labute approximate surface area is 133 Å². The zero-order valence-corrected chi connectivity index (χ0v) is 13.4. The molecule has 22 heavy (non-hydrogen) atoms. The number of benzene rings is 2. The van der Waals surface area contributed by atoms with Gasteiger partial charge in [0, 0.05) is 11.5 Å². The van der Waals surface area contributed by atoms with Gasteiger partial charge in [-0.05, 0) is 24.1 Å². The van der Waals surface area contributed by atoms with Crippen LogP contribution in [0.15, 0.2) is 54.6 Å². The minimum Gasteiger partial charge on any atom is -0.489 e. The lowest BCUT2D eigenvalue weighted by molar-refractivity contribution is 0.0922. The van der Waals surface area contributed by atoms with Crippen molar-refractivity contribution in [3.63, 3.8) is 0 Å². The molecule has 0 aliphatic carbocycles. The lowest BCUT2D eigenvalue weighted by atomic mass is 9.94. The Morgan fingerprint density at radius 3 is 2.59 bits per heavy atom. The van der Waals surface area contributed by atoms with Gasteiger partial charge in [0.25, 0.3) is 0 Å². The molecule has 0 amide bonds. The van der Waals surface area contributed by atoms with Gasteiger partial charge in [-0.3, -0.25) is 4.79 Å². The third-order valence-electron chi connectivity index (χ3n) is 3.81. The second kappa shape index (κ2) is 8.38. The largest absolute Gasteiger partial charge is 0.489 e. The van der Waals surface area contributed by atoms with Gasteiger partial charge in [0.2, 0.25) is 0 Å². The van der Waals surface area contributed by atoms with E-state index in [1.54, 1.807) is 0 Å². The Morgan fingerprint density at radius 2 is 1.86 bits per heavy atom. The molecule has 0 saturated carbocycles. The van der Waals surface area contributed by atoms with Gasteiger partial charge in [-0.15, -0.1) is 0 Å². The second-order valence-corrected chi connectivity index (χ2v) is 5.71. The van der Waals surface area contributed by atoms with Crippen LogP contribution in [0.5, 0.6) is 5.75 Å². The van der Waals surface area contributed by atoms with Crippen molar-refractivity contribution in [2.24, 2.45) is 5.92 Å². The quantitative estimate of drug-likeness (QED) is 0.620. The fourth-order valence-electron chi connectivity index (χ4n) is 2.41. The number of carbonyl (C=O) groups is 1. The van der Waals surface area contributed by atoms with Crippen molar-refractivity contribution in [3.05, 3.63) is 65.7 Å². The first-order chi connectivity index (χ1) is 10.7. The molecule has 0 fully saturated rings. The number of ether oxygens (including phenoxy) is 1. The highest BCUT2D eigenvalue weighted by Gasteiger charge is 2.15. The average molecular weight is 296 g/mol. The van der Waals surface area contributed by atoms with Crippen LogP contribution in [0, 0.1) is 5.92 Å². The first-order valence-corrected chi connectivity index (χ1v) is 8.01. The zero-order chi connectivity index (χ0) is 15.8. The van der Waals surface area contributed by atoms with Crippen molar-refractivity contribution in [2.75, 3.05) is 0 Å². The Bertz CT molecular complexity index is 590. The number of carbonyl (C=O) groups excluding carboxylic acids is 1. The van der Waals surface area contributed by atoms with Crippen LogP contribution in [0.4, 0.5) is 0 Å². The van der Waals surface area contributed by atoms with Crippen molar-refractivity contribution in [1.82, 2.24) is 0 Å². The molecule has 0 heterocycles. The summed E-state index contributed by atoms with van der Waals surface area (Å²) < 4.78 is 5.79. The highest BCUT2D eigenvalue weighted by molar-refractivity contribution is 5.97. The maximum atomic E-state index is 12.4. The predicted octanol–water partition coefficient (Wildman–Crippen LogP) is 5.27. The fraction of sp³-hybridized carbons (Fsp3) is 0.350. The summed E-state index contributed by atoms with van der Waals surface area (Å²) in [5, 5.41) is 0. The van der Waals surface area contributed by atoms with Crippen molar-refractivity contribution >= 4 is 5.78 Å². The van der Waals surface area contributed by atoms with Gasteiger partial charge in [-0.2, -0.15) is 0 Å². The number of ketones is 1. The summed E-state index contributed by atoms with van der Waals surface area (Å²) in [6.07, 6.45) is 3.17. The third kappa shape index (κ3) is 4.73. The summed E-state index contributed by atoms with van der Waals surface area (Å²) in [4.78, 5) is 12.4. The highest BCUT2D eigenvalue weighted by atomic mass is 16.5. The molecule has 0 saturated heterocycles. The maximum Gasteiger partial charge on any atom is 0.165 e. The summed E-state index contributed by atoms with van der Waals surface area (Å²) in [5.41, 5.74) is 1.87. The predicted molar refractivity (Wildman–Crippen MR) is 90.2 cm³/mol. The average Bonchev–Trinajstić information content (AvgIpc) is 2.58. The molecule has 0 aromatic heterocycles. The number of unbranched alkanes of at least 4 members (excludes halogenated alkanes) is 1. The van der Waals surface area contributed by atoms with E-state index in [1.165, 1.54) is 0 Å². The van der Waals surface area contributed by atoms with Crippen molar-refractivity contribution in [1.29, 1.82) is 0 Å². The topological polar surface area (TPSA) is 26.3 Å². The molecule has 116 valence electrons. The van der Waals surface area contributed by atoms with E-state index in [4.69, 9.17) is 4.74 Å². The molecule has 0 aliphatic heterocycles. The van der Waals surface area contributed by atoms with Crippen LogP contribution in [0.25, 0.3) is 0 Å². The van der Waals surface area contributed by atoms with Crippen molar-refractivity contribution in [2.45, 2.75) is 39.7 Å². The molecule has 2 heteroatoms. The molecule has 0 bridgehead atoms. The van der Waals surface area contributed by atoms with E-state index in [-0.39, 0.29) is 11.7 Å². The van der Waals surface area contributed by atoms with E-state index in [2.05, 4.69) is 6.92 Å². The van der Waals surface area contributed by atoms with Crippen molar-refractivity contribution in [3.8, 4) is 5.75 Å². The molecule has 0 unspecified atom stereocenters. The SMILES string of the molecule is CCCC[C@@H](C)C(=O)c1cccc(OCc2ccccc2)c1. The molecule has 0 radical (unpaired) electrons. The summed E-state index contributed by atoms with van der Waals surface area (Å²) in [5.74, 6) is 1.03. The van der Waals surface area contributed by atoms with E-state index in [9.17, 15) is 4.79 Å². The van der Waals surface area contributed by atoms with E-state index in [0.29, 0.717) is 6.61 Å². The van der Waals surface area contributed by atoms with Gasteiger partial charge >= 0.3 is 0 Å². The van der Waals surface area contributed by atoms with Crippen LogP contribution < -0.4 is 4.74 Å². The van der Waals surface area contributed by atoms with Gasteiger partial charge in [0.1, 0.15) is 12.4 Å². The van der Waals surface area contributed by atoms with Crippen LogP contribution >= 0.6 is 0 Å². The summed E-state index contributed by atoms with van der Waals surface area (Å²) in [7, 11) is 0. The first kappa shape index (κ1) is 16.3. The van der Waals surface area contributed by atoms with Crippen molar-refractivity contribution < 1.29 is 9.53 Å². The van der Waals surface area contributed by atoms with Crippen LogP contribution in [-0.2, 0) is 6.61 Å². The van der Waals surface area contributed by atoms with Gasteiger partial charge in [0.05, 0.1) is 0 Å². The van der Waals surface area contributed by atoms with E-state index >= 15 is 0 Å². The summed E-state index contributed by atoms with van der Waals surface area (Å²) in [6, 6.07) is 17.6. The molecule has 2 aromatic rings. The lowest BCUT2D eigenvalue weighted by Crippen LogP contribution is -2.11. The standard InChI is InChI=1S/C20H24O2/c1-3-4-9-16(2)20(21)18-12-8-13-19(14-18)22-15-17-10-6-5-7-11-17/h5-8,10-14,16H,3-4,9,15H2,1-2H3/t16-/m1/s1. The minimum atomic E-state index is 0.0734. The minimum absolute atomic E-state index is 0.0734. The van der Waals surface area contributed by atoms with Gasteiger partial charge in [-0.1, -0.05) is 69.2 Å². The Hall–Kier alpha value is -2.09. The first-order valence-electron chi connectivity index (χ1n) is 8.01. The van der Waals surface area contributed by atoms with Crippen LogP contribution in [0.1, 0.15) is 49.0 Å². The molecule has 2 rings (SSSR count). The molecular weight excluding hydrogens is 272 g/mol. The molecule has 1 atom stereocenters. The van der Waals surface area contributed by atoms with Gasteiger partial charge in [-0.25, -0.2) is 0 Å². The molecule has 0 spiro atoms. The highest BCUT2D eigenvalue weighted by Crippen LogP contribution is 2.20. The second-order valence-electron chi connectivity index (χ2n) is 5.71. The third-order valence-corrected chi connectivity index (χ3v) is 3.81. The number of hydrogen-bond acceptors (Lipinski definition) is 2. The zero-order valence-electron chi connectivity index (χ0n) is 13.4. The number of rotatable bonds is 8. The van der Waals surface area contributed by atoms with Gasteiger partial charge in [0.15, 0.2) is 5.78 Å². The van der Waals surface area contributed by atoms with E-state index < -0.39 is 0 Å². The summed E-state index contributed by atoms with van der Waals surface area (Å²) in [6.45, 7) is 4.68.